The lowest BCUT2D eigenvalue weighted by Crippen LogP contribution is -2.17. The summed E-state index contributed by atoms with van der Waals surface area (Å²) in [5.41, 5.74) is 0.757. The van der Waals surface area contributed by atoms with E-state index in [1.165, 1.54) is 36.5 Å². The van der Waals surface area contributed by atoms with Crippen LogP contribution in [0, 0.1) is 17.1 Å². The molecule has 0 saturated heterocycles. The fourth-order valence-electron chi connectivity index (χ4n) is 2.20. The van der Waals surface area contributed by atoms with Gasteiger partial charge in [-0.05, 0) is 42.8 Å². The van der Waals surface area contributed by atoms with E-state index in [0.717, 1.165) is 12.8 Å². The lowest BCUT2D eigenvalue weighted by Gasteiger charge is -2.10. The Balaban J connectivity index is 2.10. The molecule has 2 aromatic carbocycles. The number of esters is 1. The molecular weight excluding hydrogens is 361 g/mol. The van der Waals surface area contributed by atoms with Gasteiger partial charge in [0.15, 0.2) is 0 Å². The van der Waals surface area contributed by atoms with Crippen molar-refractivity contribution < 1.29 is 18.7 Å². The number of nitriles is 1. The Morgan fingerprint density at radius 3 is 2.57 bits per heavy atom. The molecule has 144 valence electrons. The summed E-state index contributed by atoms with van der Waals surface area (Å²) < 4.78 is 18.1. The molecule has 6 nitrogen and oxygen atoms in total. The Labute approximate surface area is 162 Å². The van der Waals surface area contributed by atoms with Crippen LogP contribution in [-0.2, 0) is 9.53 Å². The maximum atomic E-state index is 12.9. The van der Waals surface area contributed by atoms with Gasteiger partial charge in [0.2, 0.25) is 0 Å². The number of hydrogen-bond donors (Lipinski definition) is 2. The topological polar surface area (TPSA) is 91.2 Å². The van der Waals surface area contributed by atoms with Crippen LogP contribution in [-0.4, -0.2) is 18.5 Å². The van der Waals surface area contributed by atoms with Crippen LogP contribution in [0.4, 0.5) is 15.8 Å². The quantitative estimate of drug-likeness (QED) is 0.309. The third-order valence-electron chi connectivity index (χ3n) is 3.72. The summed E-state index contributed by atoms with van der Waals surface area (Å²) in [6.45, 7) is 2.28. The lowest BCUT2D eigenvalue weighted by atomic mass is 10.1. The second-order valence-corrected chi connectivity index (χ2v) is 5.81. The number of amides is 1. The van der Waals surface area contributed by atoms with Crippen molar-refractivity contribution in [3.05, 3.63) is 71.7 Å². The molecule has 2 aromatic rings. The van der Waals surface area contributed by atoms with Crippen molar-refractivity contribution in [1.82, 2.24) is 0 Å². The second-order valence-electron chi connectivity index (χ2n) is 5.81. The predicted octanol–water partition coefficient (Wildman–Crippen LogP) is 4.24. The fraction of sp³-hybridized carbons (Fsp3) is 0.190. The van der Waals surface area contributed by atoms with E-state index < -0.39 is 17.7 Å². The van der Waals surface area contributed by atoms with Gasteiger partial charge in [0.25, 0.3) is 5.91 Å². The highest BCUT2D eigenvalue weighted by molar-refractivity contribution is 6.09. The fourth-order valence-corrected chi connectivity index (χ4v) is 2.20. The molecule has 0 aliphatic rings. The van der Waals surface area contributed by atoms with Crippen LogP contribution in [0.15, 0.2) is 60.3 Å². The number of carbonyl (C=O) groups is 2. The zero-order valence-electron chi connectivity index (χ0n) is 15.4. The van der Waals surface area contributed by atoms with E-state index in [4.69, 9.17) is 4.74 Å². The molecule has 28 heavy (non-hydrogen) atoms. The van der Waals surface area contributed by atoms with E-state index in [1.54, 1.807) is 24.3 Å². The molecule has 0 radical (unpaired) electrons. The first kappa shape index (κ1) is 20.6. The van der Waals surface area contributed by atoms with Gasteiger partial charge >= 0.3 is 5.97 Å². The zero-order valence-corrected chi connectivity index (χ0v) is 15.4. The molecular formula is C21H20FN3O3. The minimum absolute atomic E-state index is 0.204. The third kappa shape index (κ3) is 5.95. The summed E-state index contributed by atoms with van der Waals surface area (Å²) >= 11 is 0. The molecule has 0 saturated carbocycles. The van der Waals surface area contributed by atoms with Crippen molar-refractivity contribution in [3.8, 4) is 6.07 Å². The predicted molar refractivity (Wildman–Crippen MR) is 104 cm³/mol. The highest BCUT2D eigenvalue weighted by Gasteiger charge is 2.16. The standard InChI is InChI=1S/C21H20FN3O3/c1-2-3-12-28-21(27)18-6-4-5-7-19(18)25-20(26)15(13-23)14-24-17-10-8-16(22)9-11-17/h4-11,14,24H,2-3,12H2,1H3,(H,25,26)/b15-14-. The number of unbranched alkanes of at least 4 members (excludes halogenated alkanes) is 1. The Kier molecular flexibility index (Phi) is 7.73. The van der Waals surface area contributed by atoms with Crippen LogP contribution in [0.25, 0.3) is 0 Å². The maximum absolute atomic E-state index is 12.9. The van der Waals surface area contributed by atoms with Crippen molar-refractivity contribution in [1.29, 1.82) is 5.26 Å². The van der Waals surface area contributed by atoms with Gasteiger partial charge in [-0.1, -0.05) is 25.5 Å². The Bertz CT molecular complexity index is 902. The van der Waals surface area contributed by atoms with Crippen LogP contribution < -0.4 is 10.6 Å². The first-order valence-electron chi connectivity index (χ1n) is 8.75. The number of halogens is 1. The summed E-state index contributed by atoms with van der Waals surface area (Å²) in [5.74, 6) is -1.63. The third-order valence-corrected chi connectivity index (χ3v) is 3.72. The largest absolute Gasteiger partial charge is 0.462 e. The Hall–Kier alpha value is -3.66. The van der Waals surface area contributed by atoms with Crippen LogP contribution >= 0.6 is 0 Å². The molecule has 2 rings (SSSR count). The van der Waals surface area contributed by atoms with E-state index in [9.17, 15) is 19.2 Å². The van der Waals surface area contributed by atoms with Crippen molar-refractivity contribution in [3.63, 3.8) is 0 Å². The lowest BCUT2D eigenvalue weighted by molar-refractivity contribution is -0.112. The number of nitrogens with one attached hydrogen (secondary N) is 2. The van der Waals surface area contributed by atoms with Gasteiger partial charge in [0, 0.05) is 11.9 Å². The monoisotopic (exact) mass is 381 g/mol. The van der Waals surface area contributed by atoms with E-state index in [0.29, 0.717) is 12.3 Å². The molecule has 0 atom stereocenters. The molecule has 0 heterocycles. The maximum Gasteiger partial charge on any atom is 0.340 e. The van der Waals surface area contributed by atoms with Gasteiger partial charge in [-0.2, -0.15) is 5.26 Å². The van der Waals surface area contributed by atoms with Gasteiger partial charge in [0.05, 0.1) is 17.9 Å². The van der Waals surface area contributed by atoms with E-state index >= 15 is 0 Å². The van der Waals surface area contributed by atoms with Crippen molar-refractivity contribution in [2.24, 2.45) is 0 Å². The average molecular weight is 381 g/mol. The number of carbonyl (C=O) groups excluding carboxylic acids is 2. The number of hydrogen-bond acceptors (Lipinski definition) is 5. The van der Waals surface area contributed by atoms with Gasteiger partial charge in [0.1, 0.15) is 17.5 Å². The van der Waals surface area contributed by atoms with Crippen molar-refractivity contribution >= 4 is 23.3 Å². The van der Waals surface area contributed by atoms with Gasteiger partial charge in [-0.25, -0.2) is 9.18 Å². The summed E-state index contributed by atoms with van der Waals surface area (Å²) in [4.78, 5) is 24.6. The van der Waals surface area contributed by atoms with Crippen LogP contribution in [0.1, 0.15) is 30.1 Å². The summed E-state index contributed by atoms with van der Waals surface area (Å²) in [6, 6.07) is 13.6. The number of rotatable bonds is 8. The average Bonchev–Trinajstić information content (AvgIpc) is 2.70. The van der Waals surface area contributed by atoms with Gasteiger partial charge < -0.3 is 15.4 Å². The summed E-state index contributed by atoms with van der Waals surface area (Å²) in [5, 5.41) is 14.6. The highest BCUT2D eigenvalue weighted by Crippen LogP contribution is 2.17. The molecule has 0 bridgehead atoms. The molecule has 2 N–H and O–H groups in total. The molecule has 7 heteroatoms. The minimum Gasteiger partial charge on any atom is -0.462 e. The SMILES string of the molecule is CCCCOC(=O)c1ccccc1NC(=O)/C(C#N)=C\Nc1ccc(F)cc1. The number of ether oxygens (including phenoxy) is 1. The van der Waals surface area contributed by atoms with E-state index in [-0.39, 0.29) is 16.8 Å². The number of nitrogens with zero attached hydrogens (tertiary/aromatic N) is 1. The molecule has 0 aromatic heterocycles. The normalized spacial score (nSPS) is 10.7. The van der Waals surface area contributed by atoms with Crippen molar-refractivity contribution in [2.45, 2.75) is 19.8 Å². The molecule has 0 unspecified atom stereocenters. The molecule has 1 amide bonds. The Morgan fingerprint density at radius 1 is 1.18 bits per heavy atom. The Morgan fingerprint density at radius 2 is 1.89 bits per heavy atom. The molecule has 0 fully saturated rings. The first-order chi connectivity index (χ1) is 13.5. The zero-order chi connectivity index (χ0) is 20.4. The smallest absolute Gasteiger partial charge is 0.340 e. The second kappa shape index (κ2) is 10.5. The number of anilines is 2. The van der Waals surface area contributed by atoms with Crippen molar-refractivity contribution in [2.75, 3.05) is 17.2 Å². The highest BCUT2D eigenvalue weighted by atomic mass is 19.1. The van der Waals surface area contributed by atoms with Gasteiger partial charge in [-0.3, -0.25) is 4.79 Å². The van der Waals surface area contributed by atoms with Crippen LogP contribution in [0.5, 0.6) is 0 Å². The number of benzene rings is 2. The summed E-state index contributed by atoms with van der Waals surface area (Å²) in [6.07, 6.45) is 2.85. The molecule has 0 aliphatic carbocycles. The molecule has 0 spiro atoms. The first-order valence-corrected chi connectivity index (χ1v) is 8.75. The van der Waals surface area contributed by atoms with Crippen LogP contribution in [0.3, 0.4) is 0 Å². The number of para-hydroxylation sites is 1. The van der Waals surface area contributed by atoms with Gasteiger partial charge in [-0.15, -0.1) is 0 Å². The van der Waals surface area contributed by atoms with E-state index in [2.05, 4.69) is 10.6 Å². The minimum atomic E-state index is -0.689. The molecule has 0 aliphatic heterocycles. The van der Waals surface area contributed by atoms with E-state index in [1.807, 2.05) is 6.92 Å². The summed E-state index contributed by atoms with van der Waals surface area (Å²) in [7, 11) is 0. The van der Waals surface area contributed by atoms with Crippen LogP contribution in [0.2, 0.25) is 0 Å².